The fraction of sp³-hybridized carbons (Fsp3) is 0.233. The van der Waals surface area contributed by atoms with E-state index in [4.69, 9.17) is 4.74 Å². The Labute approximate surface area is 227 Å². The molecule has 0 aliphatic carbocycles. The molecular formula is C30H27N3O3S2. The summed E-state index contributed by atoms with van der Waals surface area (Å²) in [6.45, 7) is 4.78. The molecule has 0 saturated carbocycles. The van der Waals surface area contributed by atoms with Crippen LogP contribution >= 0.6 is 11.3 Å². The monoisotopic (exact) mass is 541 g/mol. The number of nitrogens with zero attached hydrogens (tertiary/aromatic N) is 3. The molecule has 8 heteroatoms. The van der Waals surface area contributed by atoms with Crippen LogP contribution in [0.2, 0.25) is 0 Å². The number of thiophene rings is 1. The van der Waals surface area contributed by atoms with Crippen LogP contribution in [0.25, 0.3) is 21.2 Å². The van der Waals surface area contributed by atoms with Crippen LogP contribution in [-0.4, -0.2) is 26.9 Å². The standard InChI is InChI=1S/C30H27N3O3S2/c1-4-5-23(16-24-17-31-33-32-24)22-7-9-25(10-8-22)36-18-21-6-13-30-28(15-21)29(19-37-30)27-12-11-26(14-20(27)2)38(3,34)35/h6-15,19,23H,16-18H2,1-3H3/t23-/m0/s1. The number of hydrogen-bond acceptors (Lipinski definition) is 7. The van der Waals surface area contributed by atoms with Gasteiger partial charge < -0.3 is 4.74 Å². The number of ether oxygens (including phenoxy) is 1. The smallest absolute Gasteiger partial charge is 0.175 e. The highest BCUT2D eigenvalue weighted by molar-refractivity contribution is 7.90. The summed E-state index contributed by atoms with van der Waals surface area (Å²) < 4.78 is 31.2. The average Bonchev–Trinajstić information content (AvgIpc) is 3.57. The summed E-state index contributed by atoms with van der Waals surface area (Å²) in [6.07, 6.45) is 1.95. The van der Waals surface area contributed by atoms with E-state index in [0.29, 0.717) is 24.5 Å². The topological polar surface area (TPSA) is 80.5 Å². The minimum atomic E-state index is -3.24. The van der Waals surface area contributed by atoms with Gasteiger partial charge in [0, 0.05) is 28.3 Å². The second-order valence-corrected chi connectivity index (χ2v) is 12.2. The first kappa shape index (κ1) is 25.8. The molecule has 1 atom stereocenters. The van der Waals surface area contributed by atoms with Crippen molar-refractivity contribution in [1.82, 2.24) is 0 Å². The molecule has 0 spiro atoms. The lowest BCUT2D eigenvalue weighted by molar-refractivity contribution is 0.306. The maximum atomic E-state index is 12.0. The second-order valence-electron chi connectivity index (χ2n) is 9.29. The van der Waals surface area contributed by atoms with Crippen molar-refractivity contribution in [3.05, 3.63) is 82.7 Å². The predicted molar refractivity (Wildman–Crippen MR) is 154 cm³/mol. The highest BCUT2D eigenvalue weighted by Crippen LogP contribution is 2.37. The van der Waals surface area contributed by atoms with Crippen LogP contribution < -0.4 is 4.74 Å². The van der Waals surface area contributed by atoms with Gasteiger partial charge in [0.15, 0.2) is 9.84 Å². The number of sulfone groups is 1. The Morgan fingerprint density at radius 3 is 2.55 bits per heavy atom. The Kier molecular flexibility index (Phi) is 7.41. The number of benzene rings is 3. The minimum Gasteiger partial charge on any atom is -0.489 e. The highest BCUT2D eigenvalue weighted by Gasteiger charge is 2.16. The zero-order valence-corrected chi connectivity index (χ0v) is 23.1. The molecule has 3 aromatic carbocycles. The Morgan fingerprint density at radius 1 is 1.05 bits per heavy atom. The van der Waals surface area contributed by atoms with E-state index in [2.05, 4.69) is 63.0 Å². The quantitative estimate of drug-likeness (QED) is 0.222. The highest BCUT2D eigenvalue weighted by atomic mass is 32.2. The first-order valence-electron chi connectivity index (χ1n) is 12.2. The Balaban J connectivity index is 1.32. The van der Waals surface area contributed by atoms with Crippen LogP contribution in [0.1, 0.15) is 36.0 Å². The number of rotatable bonds is 8. The Bertz CT molecular complexity index is 1720. The molecule has 0 amide bonds. The molecule has 1 aliphatic heterocycles. The fourth-order valence-electron chi connectivity index (χ4n) is 4.51. The maximum Gasteiger partial charge on any atom is 0.175 e. The molecule has 0 radical (unpaired) electrons. The first-order chi connectivity index (χ1) is 18.3. The van der Waals surface area contributed by atoms with Crippen molar-refractivity contribution in [1.29, 1.82) is 0 Å². The van der Waals surface area contributed by atoms with Gasteiger partial charge in [0.2, 0.25) is 0 Å². The van der Waals surface area contributed by atoms with E-state index < -0.39 is 9.84 Å². The molecule has 0 fully saturated rings. The van der Waals surface area contributed by atoms with Crippen molar-refractivity contribution in [2.45, 2.75) is 37.7 Å². The van der Waals surface area contributed by atoms with Crippen LogP contribution in [0.5, 0.6) is 5.75 Å². The van der Waals surface area contributed by atoms with E-state index in [9.17, 15) is 8.42 Å². The molecule has 6 nitrogen and oxygen atoms in total. The van der Waals surface area contributed by atoms with Crippen molar-refractivity contribution >= 4 is 37.0 Å². The van der Waals surface area contributed by atoms with E-state index in [-0.39, 0.29) is 5.92 Å². The second kappa shape index (κ2) is 10.9. The van der Waals surface area contributed by atoms with Gasteiger partial charge in [-0.05, 0) is 83.1 Å². The Morgan fingerprint density at radius 2 is 1.87 bits per heavy atom. The molecule has 0 unspecified atom stereocenters. The van der Waals surface area contributed by atoms with E-state index in [1.54, 1.807) is 23.5 Å². The summed E-state index contributed by atoms with van der Waals surface area (Å²) in [5.41, 5.74) is 6.19. The van der Waals surface area contributed by atoms with Gasteiger partial charge in [-0.1, -0.05) is 30.2 Å². The number of hydrogen-bond donors (Lipinski definition) is 0. The van der Waals surface area contributed by atoms with Crippen molar-refractivity contribution in [3.63, 3.8) is 0 Å². The molecule has 1 aliphatic rings. The van der Waals surface area contributed by atoms with Crippen molar-refractivity contribution < 1.29 is 13.2 Å². The molecule has 4 aromatic rings. The Hall–Kier alpha value is -3.80. The molecule has 1 aromatic heterocycles. The summed E-state index contributed by atoms with van der Waals surface area (Å²) in [6, 6.07) is 19.7. The molecule has 192 valence electrons. The third-order valence-corrected chi connectivity index (χ3v) is 8.58. The normalized spacial score (nSPS) is 13.7. The van der Waals surface area contributed by atoms with Gasteiger partial charge in [-0.25, -0.2) is 8.42 Å². The zero-order valence-electron chi connectivity index (χ0n) is 21.4. The number of fused-ring (bicyclic) bond motifs is 1. The van der Waals surface area contributed by atoms with Gasteiger partial charge in [-0.2, -0.15) is 5.11 Å². The van der Waals surface area contributed by atoms with Crippen LogP contribution in [0.4, 0.5) is 0 Å². The lowest BCUT2D eigenvalue weighted by atomic mass is 9.94. The van der Waals surface area contributed by atoms with Gasteiger partial charge >= 0.3 is 0 Å². The first-order valence-corrected chi connectivity index (χ1v) is 15.0. The summed E-state index contributed by atoms with van der Waals surface area (Å²) in [7, 11) is -3.24. The van der Waals surface area contributed by atoms with Crippen LogP contribution in [-0.2, 0) is 16.4 Å². The van der Waals surface area contributed by atoms with E-state index >= 15 is 0 Å². The third kappa shape index (κ3) is 5.69. The zero-order chi connectivity index (χ0) is 26.7. The lowest BCUT2D eigenvalue weighted by Gasteiger charge is -2.12. The maximum absolute atomic E-state index is 12.0. The summed E-state index contributed by atoms with van der Waals surface area (Å²) in [5, 5.41) is 15.0. The SMILES string of the molecule is CC#C[C@@H](CC1=NN=NC1)c1ccc(OCc2ccc3scc(-c4ccc(S(C)(=O)=O)cc4C)c3c2)cc1. The average molecular weight is 542 g/mol. The van der Waals surface area contributed by atoms with Gasteiger partial charge in [-0.3, -0.25) is 0 Å². The van der Waals surface area contributed by atoms with Crippen molar-refractivity contribution in [2.24, 2.45) is 15.4 Å². The summed E-state index contributed by atoms with van der Waals surface area (Å²) >= 11 is 1.68. The van der Waals surface area contributed by atoms with Gasteiger partial charge in [0.1, 0.15) is 18.9 Å². The molecular weight excluding hydrogens is 514 g/mol. The largest absolute Gasteiger partial charge is 0.489 e. The molecule has 38 heavy (non-hydrogen) atoms. The third-order valence-electron chi connectivity index (χ3n) is 6.50. The van der Waals surface area contributed by atoms with Crippen molar-refractivity contribution in [3.8, 4) is 28.7 Å². The predicted octanol–water partition coefficient (Wildman–Crippen LogP) is 7.18. The molecule has 0 saturated heterocycles. The van der Waals surface area contributed by atoms with Crippen molar-refractivity contribution in [2.75, 3.05) is 12.8 Å². The molecule has 0 N–H and O–H groups in total. The summed E-state index contributed by atoms with van der Waals surface area (Å²) in [4.78, 5) is 0.338. The van der Waals surface area contributed by atoms with E-state index in [1.807, 2.05) is 32.0 Å². The van der Waals surface area contributed by atoms with E-state index in [1.165, 1.54) is 11.0 Å². The summed E-state index contributed by atoms with van der Waals surface area (Å²) in [5.74, 6) is 7.12. The fourth-order valence-corrected chi connectivity index (χ4v) is 6.16. The van der Waals surface area contributed by atoms with Gasteiger partial charge in [0.05, 0.1) is 16.5 Å². The molecule has 5 rings (SSSR count). The van der Waals surface area contributed by atoms with Crippen LogP contribution in [0.15, 0.2) is 86.4 Å². The van der Waals surface area contributed by atoms with E-state index in [0.717, 1.165) is 44.7 Å². The minimum absolute atomic E-state index is 0.0469. The number of aryl methyl sites for hydroxylation is 1. The van der Waals surface area contributed by atoms with Gasteiger partial charge in [0.25, 0.3) is 0 Å². The van der Waals surface area contributed by atoms with Crippen LogP contribution in [0, 0.1) is 18.8 Å². The van der Waals surface area contributed by atoms with Gasteiger partial charge in [-0.15, -0.1) is 22.4 Å². The van der Waals surface area contributed by atoms with Crippen LogP contribution in [0.3, 0.4) is 0 Å². The molecule has 2 heterocycles. The lowest BCUT2D eigenvalue weighted by Crippen LogP contribution is -2.07. The molecule has 0 bridgehead atoms.